The third-order valence-electron chi connectivity index (χ3n) is 4.37. The van der Waals surface area contributed by atoms with Gasteiger partial charge < -0.3 is 16.0 Å². The Labute approximate surface area is 158 Å². The summed E-state index contributed by atoms with van der Waals surface area (Å²) < 4.78 is 14.5. The number of halogens is 1. The van der Waals surface area contributed by atoms with Crippen molar-refractivity contribution >= 4 is 28.3 Å². The Hall–Kier alpha value is -4.00. The quantitative estimate of drug-likeness (QED) is 0.508. The molecule has 0 spiro atoms. The molecule has 2 aromatic heterocycles. The number of anilines is 2. The highest BCUT2D eigenvalue weighted by Gasteiger charge is 2.13. The molecule has 0 aliphatic rings. The number of H-pyrrole nitrogens is 1. The summed E-state index contributed by atoms with van der Waals surface area (Å²) in [6, 6.07) is 16.6. The average molecular weight is 374 g/mol. The first-order valence-electron chi connectivity index (χ1n) is 8.47. The number of nitrogens with zero attached hydrogens (tertiary/aromatic N) is 1. The summed E-state index contributed by atoms with van der Waals surface area (Å²) in [4.78, 5) is 29.6. The van der Waals surface area contributed by atoms with Crippen LogP contribution < -0.4 is 16.6 Å². The van der Waals surface area contributed by atoms with E-state index >= 15 is 0 Å². The standard InChI is InChI=1S/C21H15FN4O2/c22-19-14(2-1-3-16(19)20(23)28)12-4-6-13(7-5-12)25-17-10-11-24-21-15(17)8-9-18(27)26-21/h1-11H,(H2,23,28)(H2,24,25,26,27). The lowest BCUT2D eigenvalue weighted by Crippen LogP contribution is -2.13. The minimum absolute atomic E-state index is 0.142. The zero-order chi connectivity index (χ0) is 19.7. The average Bonchev–Trinajstić information content (AvgIpc) is 2.68. The van der Waals surface area contributed by atoms with Crippen molar-refractivity contribution in [1.29, 1.82) is 0 Å². The monoisotopic (exact) mass is 374 g/mol. The molecule has 1 amide bonds. The molecule has 0 aliphatic carbocycles. The normalized spacial score (nSPS) is 10.8. The predicted octanol–water partition coefficient (Wildman–Crippen LogP) is 3.57. The van der Waals surface area contributed by atoms with Crippen molar-refractivity contribution < 1.29 is 9.18 Å². The van der Waals surface area contributed by atoms with Crippen molar-refractivity contribution in [2.75, 3.05) is 5.32 Å². The van der Waals surface area contributed by atoms with Crippen LogP contribution in [0.4, 0.5) is 15.8 Å². The second-order valence-electron chi connectivity index (χ2n) is 6.18. The molecular formula is C21H15FN4O2. The number of amides is 1. The van der Waals surface area contributed by atoms with Crippen LogP contribution in [-0.4, -0.2) is 15.9 Å². The number of aromatic nitrogens is 2. The smallest absolute Gasteiger partial charge is 0.251 e. The van der Waals surface area contributed by atoms with Crippen LogP contribution in [0.5, 0.6) is 0 Å². The lowest BCUT2D eigenvalue weighted by atomic mass is 10.0. The molecule has 6 nitrogen and oxygen atoms in total. The Kier molecular flexibility index (Phi) is 4.33. The van der Waals surface area contributed by atoms with E-state index in [2.05, 4.69) is 15.3 Å². The second-order valence-corrected chi connectivity index (χ2v) is 6.18. The maximum absolute atomic E-state index is 14.5. The molecule has 0 radical (unpaired) electrons. The molecule has 0 saturated heterocycles. The van der Waals surface area contributed by atoms with Crippen LogP contribution >= 0.6 is 0 Å². The molecule has 2 aromatic carbocycles. The highest BCUT2D eigenvalue weighted by molar-refractivity contribution is 5.94. The Bertz CT molecular complexity index is 1250. The van der Waals surface area contributed by atoms with E-state index in [4.69, 9.17) is 5.73 Å². The number of primary amides is 1. The molecule has 28 heavy (non-hydrogen) atoms. The highest BCUT2D eigenvalue weighted by atomic mass is 19.1. The zero-order valence-corrected chi connectivity index (χ0v) is 14.6. The van der Waals surface area contributed by atoms with E-state index in [1.165, 1.54) is 12.1 Å². The molecule has 0 aliphatic heterocycles. The van der Waals surface area contributed by atoms with Gasteiger partial charge in [0, 0.05) is 28.9 Å². The Morgan fingerprint density at radius 2 is 1.82 bits per heavy atom. The van der Waals surface area contributed by atoms with Gasteiger partial charge in [0.25, 0.3) is 5.91 Å². The number of fused-ring (bicyclic) bond motifs is 1. The Morgan fingerprint density at radius 3 is 2.57 bits per heavy atom. The molecule has 138 valence electrons. The van der Waals surface area contributed by atoms with E-state index in [1.54, 1.807) is 54.7 Å². The van der Waals surface area contributed by atoms with Crippen LogP contribution in [0.15, 0.2) is 71.7 Å². The second kappa shape index (κ2) is 6.96. The first-order chi connectivity index (χ1) is 13.5. The van der Waals surface area contributed by atoms with E-state index in [1.807, 2.05) is 0 Å². The first kappa shape index (κ1) is 17.4. The van der Waals surface area contributed by atoms with Gasteiger partial charge in [-0.05, 0) is 35.9 Å². The molecule has 0 atom stereocenters. The number of hydrogen-bond acceptors (Lipinski definition) is 4. The molecule has 0 bridgehead atoms. The number of carbonyl (C=O) groups excluding carboxylic acids is 1. The number of rotatable bonds is 4. The topological polar surface area (TPSA) is 101 Å². The third-order valence-corrected chi connectivity index (χ3v) is 4.37. The molecule has 2 heterocycles. The molecular weight excluding hydrogens is 359 g/mol. The van der Waals surface area contributed by atoms with Gasteiger partial charge in [0.05, 0.1) is 11.3 Å². The fourth-order valence-electron chi connectivity index (χ4n) is 3.00. The van der Waals surface area contributed by atoms with Crippen LogP contribution in [0.1, 0.15) is 10.4 Å². The molecule has 7 heteroatoms. The number of aromatic amines is 1. The van der Waals surface area contributed by atoms with E-state index < -0.39 is 11.7 Å². The summed E-state index contributed by atoms with van der Waals surface area (Å²) in [7, 11) is 0. The summed E-state index contributed by atoms with van der Waals surface area (Å²) in [6.07, 6.45) is 1.60. The van der Waals surface area contributed by atoms with E-state index in [-0.39, 0.29) is 11.1 Å². The van der Waals surface area contributed by atoms with Crippen LogP contribution in [-0.2, 0) is 0 Å². The third kappa shape index (κ3) is 3.21. The number of nitrogens with one attached hydrogen (secondary N) is 2. The molecule has 0 unspecified atom stereocenters. The minimum atomic E-state index is -0.805. The van der Waals surface area contributed by atoms with Crippen LogP contribution in [0.3, 0.4) is 0 Å². The van der Waals surface area contributed by atoms with Gasteiger partial charge in [-0.3, -0.25) is 9.59 Å². The number of carbonyl (C=O) groups is 1. The minimum Gasteiger partial charge on any atom is -0.366 e. The van der Waals surface area contributed by atoms with Gasteiger partial charge in [0.1, 0.15) is 11.5 Å². The van der Waals surface area contributed by atoms with Gasteiger partial charge in [0.15, 0.2) is 0 Å². The summed E-state index contributed by atoms with van der Waals surface area (Å²) >= 11 is 0. The number of hydrogen-bond donors (Lipinski definition) is 3. The Balaban J connectivity index is 1.66. The predicted molar refractivity (Wildman–Crippen MR) is 106 cm³/mol. The first-order valence-corrected chi connectivity index (χ1v) is 8.47. The molecule has 0 saturated carbocycles. The number of benzene rings is 2. The summed E-state index contributed by atoms with van der Waals surface area (Å²) in [5.74, 6) is -1.44. The maximum atomic E-state index is 14.5. The van der Waals surface area contributed by atoms with Gasteiger partial charge in [0.2, 0.25) is 5.56 Å². The van der Waals surface area contributed by atoms with Crippen LogP contribution in [0.2, 0.25) is 0 Å². The highest BCUT2D eigenvalue weighted by Crippen LogP contribution is 2.28. The van der Waals surface area contributed by atoms with Crippen molar-refractivity contribution in [3.8, 4) is 11.1 Å². The fourth-order valence-corrected chi connectivity index (χ4v) is 3.00. The summed E-state index contributed by atoms with van der Waals surface area (Å²) in [6.45, 7) is 0. The number of pyridine rings is 2. The fraction of sp³-hybridized carbons (Fsp3) is 0. The van der Waals surface area contributed by atoms with E-state index in [9.17, 15) is 14.0 Å². The van der Waals surface area contributed by atoms with Crippen molar-refractivity contribution in [3.63, 3.8) is 0 Å². The van der Waals surface area contributed by atoms with Crippen LogP contribution in [0.25, 0.3) is 22.2 Å². The van der Waals surface area contributed by atoms with Gasteiger partial charge in [-0.15, -0.1) is 0 Å². The zero-order valence-electron chi connectivity index (χ0n) is 14.6. The van der Waals surface area contributed by atoms with E-state index in [0.29, 0.717) is 16.8 Å². The molecule has 4 rings (SSSR count). The lowest BCUT2D eigenvalue weighted by molar-refractivity contribution is 0.0996. The van der Waals surface area contributed by atoms with Crippen molar-refractivity contribution in [3.05, 3.63) is 88.6 Å². The largest absolute Gasteiger partial charge is 0.366 e. The maximum Gasteiger partial charge on any atom is 0.251 e. The molecule has 0 fully saturated rings. The van der Waals surface area contributed by atoms with Gasteiger partial charge in [-0.2, -0.15) is 0 Å². The van der Waals surface area contributed by atoms with E-state index in [0.717, 1.165) is 16.8 Å². The van der Waals surface area contributed by atoms with Gasteiger partial charge in [-0.25, -0.2) is 9.37 Å². The summed E-state index contributed by atoms with van der Waals surface area (Å²) in [5, 5.41) is 4.03. The van der Waals surface area contributed by atoms with Crippen molar-refractivity contribution in [2.45, 2.75) is 0 Å². The SMILES string of the molecule is NC(=O)c1cccc(-c2ccc(Nc3ccnc4[nH]c(=O)ccc34)cc2)c1F. The Morgan fingerprint density at radius 1 is 1.04 bits per heavy atom. The molecule has 4 N–H and O–H groups in total. The van der Waals surface area contributed by atoms with Crippen molar-refractivity contribution in [1.82, 2.24) is 9.97 Å². The molecule has 4 aromatic rings. The lowest BCUT2D eigenvalue weighted by Gasteiger charge is -2.11. The van der Waals surface area contributed by atoms with Crippen molar-refractivity contribution in [2.24, 2.45) is 5.73 Å². The van der Waals surface area contributed by atoms with Gasteiger partial charge >= 0.3 is 0 Å². The number of nitrogens with two attached hydrogens (primary N) is 1. The van der Waals surface area contributed by atoms with Crippen LogP contribution in [0, 0.1) is 5.82 Å². The van der Waals surface area contributed by atoms with Gasteiger partial charge in [-0.1, -0.05) is 24.3 Å². The summed E-state index contributed by atoms with van der Waals surface area (Å²) in [5.41, 5.74) is 7.80.